The molecule has 0 bridgehead atoms. The van der Waals surface area contributed by atoms with Gasteiger partial charge in [0.15, 0.2) is 5.65 Å². The lowest BCUT2D eigenvalue weighted by atomic mass is 10.0. The third-order valence-corrected chi connectivity index (χ3v) is 3.23. The molecule has 2 unspecified atom stereocenters. The fourth-order valence-corrected chi connectivity index (χ4v) is 2.20. The molecule has 2 aromatic rings. The Kier molecular flexibility index (Phi) is 3.89. The fraction of sp³-hybridized carbons (Fsp3) is 0.429. The zero-order chi connectivity index (χ0) is 13.1. The number of nitrogens with two attached hydrogens (primary N) is 1. The van der Waals surface area contributed by atoms with Crippen molar-refractivity contribution >= 4 is 11.0 Å². The standard InChI is InChI=1S/C14H20N4/c1-10(15)13(18(2)3)8-11-7-12-5-4-6-16-14(12)17-9-11/h4-7,9-10,13H,8,15H2,1-3H3. The van der Waals surface area contributed by atoms with Crippen LogP contribution >= 0.6 is 0 Å². The molecule has 0 aliphatic heterocycles. The summed E-state index contributed by atoms with van der Waals surface area (Å²) in [6, 6.07) is 6.57. The first-order chi connectivity index (χ1) is 8.58. The SMILES string of the molecule is CC(N)C(Cc1cnc2ncccc2c1)N(C)C. The molecule has 2 atom stereocenters. The van der Waals surface area contributed by atoms with Gasteiger partial charge in [0.05, 0.1) is 0 Å². The summed E-state index contributed by atoms with van der Waals surface area (Å²) in [6.45, 7) is 2.04. The Morgan fingerprint density at radius 1 is 1.33 bits per heavy atom. The molecule has 96 valence electrons. The Balaban J connectivity index is 2.25. The van der Waals surface area contributed by atoms with Crippen LogP contribution < -0.4 is 5.73 Å². The Labute approximate surface area is 108 Å². The maximum atomic E-state index is 6.02. The molecule has 2 rings (SSSR count). The van der Waals surface area contributed by atoms with Crippen LogP contribution in [-0.2, 0) is 6.42 Å². The van der Waals surface area contributed by atoms with E-state index in [4.69, 9.17) is 5.73 Å². The van der Waals surface area contributed by atoms with Crippen LogP contribution in [0.25, 0.3) is 11.0 Å². The van der Waals surface area contributed by atoms with E-state index < -0.39 is 0 Å². The predicted molar refractivity (Wildman–Crippen MR) is 74.4 cm³/mol. The molecule has 0 fully saturated rings. The summed E-state index contributed by atoms with van der Waals surface area (Å²) in [6.07, 6.45) is 4.57. The van der Waals surface area contributed by atoms with Crippen LogP contribution in [0.4, 0.5) is 0 Å². The van der Waals surface area contributed by atoms with E-state index in [9.17, 15) is 0 Å². The second-order valence-electron chi connectivity index (χ2n) is 4.99. The number of rotatable bonds is 4. The quantitative estimate of drug-likeness (QED) is 0.884. The van der Waals surface area contributed by atoms with E-state index in [0.29, 0.717) is 6.04 Å². The molecule has 2 N–H and O–H groups in total. The number of fused-ring (bicyclic) bond motifs is 1. The van der Waals surface area contributed by atoms with E-state index in [1.807, 2.05) is 25.3 Å². The molecule has 0 spiro atoms. The lowest BCUT2D eigenvalue weighted by molar-refractivity contribution is 0.259. The minimum Gasteiger partial charge on any atom is -0.327 e. The number of aromatic nitrogens is 2. The minimum absolute atomic E-state index is 0.129. The number of nitrogens with zero attached hydrogens (tertiary/aromatic N) is 3. The predicted octanol–water partition coefficient (Wildman–Crippen LogP) is 1.45. The number of likely N-dealkylation sites (N-methyl/N-ethyl adjacent to an activating group) is 1. The highest BCUT2D eigenvalue weighted by Gasteiger charge is 2.16. The second-order valence-corrected chi connectivity index (χ2v) is 4.99. The largest absolute Gasteiger partial charge is 0.327 e. The van der Waals surface area contributed by atoms with Crippen LogP contribution in [0.1, 0.15) is 12.5 Å². The van der Waals surface area contributed by atoms with E-state index in [1.165, 1.54) is 5.56 Å². The second kappa shape index (κ2) is 5.42. The highest BCUT2D eigenvalue weighted by Crippen LogP contribution is 2.14. The van der Waals surface area contributed by atoms with E-state index in [-0.39, 0.29) is 6.04 Å². The minimum atomic E-state index is 0.129. The van der Waals surface area contributed by atoms with Crippen molar-refractivity contribution in [3.05, 3.63) is 36.2 Å². The molecule has 0 aliphatic carbocycles. The maximum absolute atomic E-state index is 6.02. The van der Waals surface area contributed by atoms with E-state index >= 15 is 0 Å². The third-order valence-electron chi connectivity index (χ3n) is 3.23. The van der Waals surface area contributed by atoms with Gasteiger partial charge in [0.1, 0.15) is 0 Å². The van der Waals surface area contributed by atoms with Gasteiger partial charge < -0.3 is 10.6 Å². The molecule has 2 heterocycles. The Morgan fingerprint density at radius 2 is 2.11 bits per heavy atom. The molecule has 0 saturated carbocycles. The van der Waals surface area contributed by atoms with Gasteiger partial charge in [-0.1, -0.05) is 0 Å². The molecule has 0 radical (unpaired) electrons. The summed E-state index contributed by atoms with van der Waals surface area (Å²) in [7, 11) is 4.12. The molecule has 0 aromatic carbocycles. The summed E-state index contributed by atoms with van der Waals surface area (Å²) >= 11 is 0. The van der Waals surface area contributed by atoms with Gasteiger partial charge in [-0.3, -0.25) is 0 Å². The van der Waals surface area contributed by atoms with E-state index in [0.717, 1.165) is 17.5 Å². The molecule has 4 heteroatoms. The van der Waals surface area contributed by atoms with Crippen LogP contribution in [0.15, 0.2) is 30.6 Å². The smallest absolute Gasteiger partial charge is 0.159 e. The normalized spacial score (nSPS) is 14.9. The van der Waals surface area contributed by atoms with Crippen molar-refractivity contribution < 1.29 is 0 Å². The lowest BCUT2D eigenvalue weighted by Crippen LogP contribution is -2.43. The molecule has 2 aromatic heterocycles. The summed E-state index contributed by atoms with van der Waals surface area (Å²) in [5.41, 5.74) is 8.02. The van der Waals surface area contributed by atoms with Crippen LogP contribution in [0.2, 0.25) is 0 Å². The zero-order valence-electron chi connectivity index (χ0n) is 11.2. The van der Waals surface area contributed by atoms with Crippen LogP contribution in [0.3, 0.4) is 0 Å². The van der Waals surface area contributed by atoms with Gasteiger partial charge in [-0.2, -0.15) is 0 Å². The topological polar surface area (TPSA) is 55.0 Å². The fourth-order valence-electron chi connectivity index (χ4n) is 2.20. The Bertz CT molecular complexity index is 514. The molecule has 0 amide bonds. The van der Waals surface area contributed by atoms with Crippen LogP contribution in [0.5, 0.6) is 0 Å². The van der Waals surface area contributed by atoms with Crippen molar-refractivity contribution in [2.75, 3.05) is 14.1 Å². The summed E-state index contributed by atoms with van der Waals surface area (Å²) in [5, 5.41) is 1.08. The van der Waals surface area contributed by atoms with Crippen LogP contribution in [-0.4, -0.2) is 41.0 Å². The first kappa shape index (κ1) is 12.9. The first-order valence-corrected chi connectivity index (χ1v) is 6.19. The molecular formula is C14H20N4. The molecular weight excluding hydrogens is 224 g/mol. The van der Waals surface area contributed by atoms with Crippen molar-refractivity contribution in [2.45, 2.75) is 25.4 Å². The Hall–Kier alpha value is -1.52. The van der Waals surface area contributed by atoms with E-state index in [2.05, 4.69) is 35.0 Å². The van der Waals surface area contributed by atoms with Crippen molar-refractivity contribution in [3.63, 3.8) is 0 Å². The monoisotopic (exact) mass is 244 g/mol. The highest BCUT2D eigenvalue weighted by molar-refractivity contribution is 5.74. The number of hydrogen-bond acceptors (Lipinski definition) is 4. The lowest BCUT2D eigenvalue weighted by Gasteiger charge is -2.27. The molecule has 0 aliphatic rings. The summed E-state index contributed by atoms with van der Waals surface area (Å²) in [4.78, 5) is 10.8. The maximum Gasteiger partial charge on any atom is 0.159 e. The average molecular weight is 244 g/mol. The molecule has 18 heavy (non-hydrogen) atoms. The van der Waals surface area contributed by atoms with Crippen LogP contribution in [0, 0.1) is 0 Å². The van der Waals surface area contributed by atoms with Gasteiger partial charge in [-0.15, -0.1) is 0 Å². The van der Waals surface area contributed by atoms with Crippen molar-refractivity contribution in [1.29, 1.82) is 0 Å². The number of pyridine rings is 2. The highest BCUT2D eigenvalue weighted by atomic mass is 15.1. The number of hydrogen-bond donors (Lipinski definition) is 1. The van der Waals surface area contributed by atoms with Gasteiger partial charge >= 0.3 is 0 Å². The van der Waals surface area contributed by atoms with E-state index in [1.54, 1.807) is 6.20 Å². The summed E-state index contributed by atoms with van der Waals surface area (Å²) in [5.74, 6) is 0. The Morgan fingerprint density at radius 3 is 2.78 bits per heavy atom. The average Bonchev–Trinajstić information content (AvgIpc) is 2.35. The zero-order valence-corrected chi connectivity index (χ0v) is 11.2. The molecule has 4 nitrogen and oxygen atoms in total. The van der Waals surface area contributed by atoms with Crippen molar-refractivity contribution in [2.24, 2.45) is 5.73 Å². The molecule has 0 saturated heterocycles. The van der Waals surface area contributed by atoms with Gasteiger partial charge in [-0.25, -0.2) is 9.97 Å². The van der Waals surface area contributed by atoms with Gasteiger partial charge in [0, 0.05) is 29.9 Å². The van der Waals surface area contributed by atoms with Gasteiger partial charge in [0.2, 0.25) is 0 Å². The van der Waals surface area contributed by atoms with Crippen molar-refractivity contribution in [3.8, 4) is 0 Å². The summed E-state index contributed by atoms with van der Waals surface area (Å²) < 4.78 is 0. The van der Waals surface area contributed by atoms with Gasteiger partial charge in [0.25, 0.3) is 0 Å². The third kappa shape index (κ3) is 2.83. The first-order valence-electron chi connectivity index (χ1n) is 6.19. The van der Waals surface area contributed by atoms with Crippen molar-refractivity contribution in [1.82, 2.24) is 14.9 Å². The van der Waals surface area contributed by atoms with Gasteiger partial charge in [-0.05, 0) is 51.2 Å².